The van der Waals surface area contributed by atoms with Gasteiger partial charge in [-0.1, -0.05) is 5.57 Å². The summed E-state index contributed by atoms with van der Waals surface area (Å²) in [5, 5.41) is 12.8. The number of benzene rings is 1. The van der Waals surface area contributed by atoms with Gasteiger partial charge in [0.1, 0.15) is 11.6 Å². The Kier molecular flexibility index (Phi) is 4.80. The van der Waals surface area contributed by atoms with Crippen molar-refractivity contribution >= 4 is 16.6 Å². The molecule has 0 saturated heterocycles. The lowest BCUT2D eigenvalue weighted by molar-refractivity contribution is -0.234. The number of anilines is 1. The van der Waals surface area contributed by atoms with Crippen molar-refractivity contribution in [1.82, 2.24) is 9.97 Å². The van der Waals surface area contributed by atoms with Gasteiger partial charge in [0.05, 0.1) is 12.1 Å². The quantitative estimate of drug-likeness (QED) is 0.656. The van der Waals surface area contributed by atoms with Crippen LogP contribution in [0.2, 0.25) is 0 Å². The molecule has 0 aliphatic rings. The molecule has 1 atom stereocenters. The average Bonchev–Trinajstić information content (AvgIpc) is 2.42. The molecule has 0 bridgehead atoms. The van der Waals surface area contributed by atoms with Gasteiger partial charge in [-0.25, -0.2) is 14.4 Å². The lowest BCUT2D eigenvalue weighted by Gasteiger charge is -2.29. The van der Waals surface area contributed by atoms with Gasteiger partial charge < -0.3 is 10.4 Å². The summed E-state index contributed by atoms with van der Waals surface area (Å²) < 4.78 is 53.2. The third-order valence-electron chi connectivity index (χ3n) is 3.35. The molecule has 0 spiro atoms. The Morgan fingerprint density at radius 1 is 1.29 bits per heavy atom. The highest BCUT2D eigenvalue weighted by molar-refractivity contribution is 5.90. The Morgan fingerprint density at radius 2 is 1.96 bits per heavy atom. The standard InChI is InChI=1S/C16H17F4N3O/c1-9(2)6-15(24,16(18,19)20)8-22-13-4-11(17)5-14-12(13)7-21-10(3)23-14/h4-7,22,24H,8H2,1-3H3. The van der Waals surface area contributed by atoms with Crippen LogP contribution in [0.3, 0.4) is 0 Å². The Morgan fingerprint density at radius 3 is 2.54 bits per heavy atom. The number of nitrogens with zero attached hydrogens (tertiary/aromatic N) is 2. The highest BCUT2D eigenvalue weighted by atomic mass is 19.4. The normalized spacial score (nSPS) is 14.3. The van der Waals surface area contributed by atoms with Crippen molar-refractivity contribution in [2.45, 2.75) is 32.5 Å². The van der Waals surface area contributed by atoms with Gasteiger partial charge in [0, 0.05) is 23.3 Å². The summed E-state index contributed by atoms with van der Waals surface area (Å²) in [5.74, 6) is -0.240. The summed E-state index contributed by atoms with van der Waals surface area (Å²) >= 11 is 0. The van der Waals surface area contributed by atoms with Gasteiger partial charge in [0.2, 0.25) is 0 Å². The van der Waals surface area contributed by atoms with Gasteiger partial charge in [-0.3, -0.25) is 0 Å². The van der Waals surface area contributed by atoms with Gasteiger partial charge in [0.25, 0.3) is 0 Å². The molecule has 2 N–H and O–H groups in total. The summed E-state index contributed by atoms with van der Waals surface area (Å²) in [6, 6.07) is 2.21. The van der Waals surface area contributed by atoms with E-state index in [1.165, 1.54) is 26.1 Å². The minimum absolute atomic E-state index is 0.0785. The first-order valence-corrected chi connectivity index (χ1v) is 7.14. The van der Waals surface area contributed by atoms with Crippen molar-refractivity contribution in [3.05, 3.63) is 41.6 Å². The molecule has 1 heterocycles. The van der Waals surface area contributed by atoms with E-state index in [9.17, 15) is 22.7 Å². The van der Waals surface area contributed by atoms with Crippen LogP contribution in [0.5, 0.6) is 0 Å². The molecule has 0 aliphatic heterocycles. The summed E-state index contributed by atoms with van der Waals surface area (Å²) in [7, 11) is 0. The molecule has 0 saturated carbocycles. The van der Waals surface area contributed by atoms with Crippen molar-refractivity contribution < 1.29 is 22.7 Å². The first-order chi connectivity index (χ1) is 11.0. The lowest BCUT2D eigenvalue weighted by Crippen LogP contribution is -2.49. The molecule has 2 aromatic rings. The van der Waals surface area contributed by atoms with Crippen molar-refractivity contribution in [1.29, 1.82) is 0 Å². The molecule has 1 aromatic carbocycles. The Balaban J connectivity index is 2.40. The minimum atomic E-state index is -4.88. The fourth-order valence-corrected chi connectivity index (χ4v) is 2.28. The van der Waals surface area contributed by atoms with Crippen molar-refractivity contribution in [3.8, 4) is 0 Å². The Labute approximate surface area is 136 Å². The Hall–Kier alpha value is -2.22. The van der Waals surface area contributed by atoms with Gasteiger partial charge in [0.15, 0.2) is 5.60 Å². The number of hydrogen-bond acceptors (Lipinski definition) is 4. The van der Waals surface area contributed by atoms with Crippen LogP contribution in [-0.4, -0.2) is 33.4 Å². The van der Waals surface area contributed by atoms with E-state index in [-0.39, 0.29) is 11.2 Å². The molecule has 4 nitrogen and oxygen atoms in total. The zero-order chi connectivity index (χ0) is 18.1. The van der Waals surface area contributed by atoms with Crippen LogP contribution >= 0.6 is 0 Å². The number of aromatic nitrogens is 2. The number of fused-ring (bicyclic) bond motifs is 1. The number of rotatable bonds is 4. The first kappa shape index (κ1) is 18.1. The number of hydrogen-bond donors (Lipinski definition) is 2. The molecule has 24 heavy (non-hydrogen) atoms. The second kappa shape index (κ2) is 6.35. The molecule has 1 unspecified atom stereocenters. The largest absolute Gasteiger partial charge is 0.422 e. The number of aliphatic hydroxyl groups is 1. The molecule has 8 heteroatoms. The van der Waals surface area contributed by atoms with Gasteiger partial charge in [-0.05, 0) is 32.9 Å². The Bertz CT molecular complexity index is 779. The summed E-state index contributed by atoms with van der Waals surface area (Å²) in [4.78, 5) is 8.02. The maximum atomic E-state index is 13.7. The number of alkyl halides is 3. The predicted octanol–water partition coefficient (Wildman–Crippen LogP) is 3.75. The van der Waals surface area contributed by atoms with Crippen LogP contribution in [0.1, 0.15) is 19.7 Å². The summed E-state index contributed by atoms with van der Waals surface area (Å²) in [5.41, 5.74) is -2.42. The lowest BCUT2D eigenvalue weighted by atomic mass is 10.00. The second-order valence-electron chi connectivity index (χ2n) is 5.80. The molecule has 1 aromatic heterocycles. The number of aryl methyl sites for hydroxylation is 1. The van der Waals surface area contributed by atoms with Crippen molar-refractivity contribution in [3.63, 3.8) is 0 Å². The second-order valence-corrected chi connectivity index (χ2v) is 5.80. The monoisotopic (exact) mass is 343 g/mol. The SMILES string of the molecule is CC(C)=CC(O)(CNc1cc(F)cc2nc(C)ncc12)C(F)(F)F. The summed E-state index contributed by atoms with van der Waals surface area (Å²) in [6.45, 7) is 3.65. The third-order valence-corrected chi connectivity index (χ3v) is 3.35. The van der Waals surface area contributed by atoms with Crippen molar-refractivity contribution in [2.75, 3.05) is 11.9 Å². The fourth-order valence-electron chi connectivity index (χ4n) is 2.28. The topological polar surface area (TPSA) is 58.0 Å². The van der Waals surface area contributed by atoms with Gasteiger partial charge >= 0.3 is 6.18 Å². The maximum absolute atomic E-state index is 13.7. The molecule has 0 amide bonds. The highest BCUT2D eigenvalue weighted by Crippen LogP contribution is 2.33. The smallest absolute Gasteiger partial charge is 0.381 e. The average molecular weight is 343 g/mol. The number of nitrogens with one attached hydrogen (secondary N) is 1. The van der Waals surface area contributed by atoms with E-state index in [0.717, 1.165) is 12.1 Å². The zero-order valence-corrected chi connectivity index (χ0v) is 13.4. The van der Waals surface area contributed by atoms with Crippen LogP contribution in [-0.2, 0) is 0 Å². The molecule has 130 valence electrons. The molecule has 2 rings (SSSR count). The maximum Gasteiger partial charge on any atom is 0.422 e. The first-order valence-electron chi connectivity index (χ1n) is 7.14. The van der Waals surface area contributed by atoms with Crippen LogP contribution in [0.4, 0.5) is 23.2 Å². The molecular formula is C16H17F4N3O. The van der Waals surface area contributed by atoms with Gasteiger partial charge in [-0.15, -0.1) is 0 Å². The van der Waals surface area contributed by atoms with Crippen molar-refractivity contribution in [2.24, 2.45) is 0 Å². The molecular weight excluding hydrogens is 326 g/mol. The van der Waals surface area contributed by atoms with E-state index in [2.05, 4.69) is 15.3 Å². The van der Waals surface area contributed by atoms with Gasteiger partial charge in [-0.2, -0.15) is 13.2 Å². The fraction of sp³-hybridized carbons (Fsp3) is 0.375. The third kappa shape index (κ3) is 3.81. The minimum Gasteiger partial charge on any atom is -0.381 e. The predicted molar refractivity (Wildman–Crippen MR) is 83.2 cm³/mol. The number of halogens is 4. The van der Waals surface area contributed by atoms with E-state index in [0.29, 0.717) is 16.8 Å². The van der Waals surface area contributed by atoms with E-state index in [1.807, 2.05) is 0 Å². The highest BCUT2D eigenvalue weighted by Gasteiger charge is 2.52. The van der Waals surface area contributed by atoms with E-state index in [1.54, 1.807) is 6.92 Å². The summed E-state index contributed by atoms with van der Waals surface area (Å²) in [6.07, 6.45) is -2.76. The van der Waals surface area contributed by atoms with Crippen LogP contribution in [0.25, 0.3) is 10.9 Å². The number of allylic oxidation sites excluding steroid dienone is 1. The van der Waals surface area contributed by atoms with Crippen LogP contribution in [0, 0.1) is 12.7 Å². The molecule has 0 radical (unpaired) electrons. The van der Waals surface area contributed by atoms with E-state index in [4.69, 9.17) is 0 Å². The van der Waals surface area contributed by atoms with E-state index < -0.39 is 24.1 Å². The van der Waals surface area contributed by atoms with Crippen LogP contribution in [0.15, 0.2) is 30.0 Å². The van der Waals surface area contributed by atoms with Crippen LogP contribution < -0.4 is 5.32 Å². The molecule has 0 fully saturated rings. The molecule has 0 aliphatic carbocycles. The zero-order valence-electron chi connectivity index (χ0n) is 13.4. The van der Waals surface area contributed by atoms with E-state index >= 15 is 0 Å².